The zero-order valence-electron chi connectivity index (χ0n) is 19.8. The second-order valence-electron chi connectivity index (χ2n) is 8.47. The van der Waals surface area contributed by atoms with Gasteiger partial charge in [0.2, 0.25) is 0 Å². The van der Waals surface area contributed by atoms with Gasteiger partial charge in [0.15, 0.2) is 0 Å². The van der Waals surface area contributed by atoms with Gasteiger partial charge in [-0.1, -0.05) is 62.7 Å². The van der Waals surface area contributed by atoms with Crippen LogP contribution in [0, 0.1) is 5.92 Å². The Morgan fingerprint density at radius 3 is 2.12 bits per heavy atom. The van der Waals surface area contributed by atoms with Crippen molar-refractivity contribution in [1.29, 1.82) is 0 Å². The molecule has 3 nitrogen and oxygen atoms in total. The molecule has 0 spiro atoms. The summed E-state index contributed by atoms with van der Waals surface area (Å²) in [5.74, 6) is 1.64. The second kappa shape index (κ2) is 12.6. The SMILES string of the molecule is C=CCCCOc1ccc(OC(=O)c2ccc(-c3ccc(CC[C@@H](C)CC)cc3)cc2)cc1. The van der Waals surface area contributed by atoms with Gasteiger partial charge in [-0.3, -0.25) is 0 Å². The third-order valence-electron chi connectivity index (χ3n) is 5.89. The van der Waals surface area contributed by atoms with Crippen LogP contribution in [0.15, 0.2) is 85.5 Å². The summed E-state index contributed by atoms with van der Waals surface area (Å²) in [6.07, 6.45) is 7.30. The predicted octanol–water partition coefficient (Wildman–Crippen LogP) is 7.90. The van der Waals surface area contributed by atoms with E-state index in [1.165, 1.54) is 18.4 Å². The lowest BCUT2D eigenvalue weighted by Crippen LogP contribution is -2.08. The zero-order valence-corrected chi connectivity index (χ0v) is 19.8. The number of aryl methyl sites for hydroxylation is 1. The lowest BCUT2D eigenvalue weighted by Gasteiger charge is -2.09. The first-order chi connectivity index (χ1) is 16.1. The molecule has 3 rings (SSSR count). The van der Waals surface area contributed by atoms with Crippen LogP contribution in [0.4, 0.5) is 0 Å². The molecule has 0 aliphatic carbocycles. The normalized spacial score (nSPS) is 11.6. The van der Waals surface area contributed by atoms with Crippen LogP contribution < -0.4 is 9.47 Å². The van der Waals surface area contributed by atoms with Crippen LogP contribution in [0.5, 0.6) is 11.5 Å². The zero-order chi connectivity index (χ0) is 23.5. The molecule has 0 aliphatic rings. The third-order valence-corrected chi connectivity index (χ3v) is 5.89. The summed E-state index contributed by atoms with van der Waals surface area (Å²) in [5, 5.41) is 0. The van der Waals surface area contributed by atoms with Crippen LogP contribution in [0.2, 0.25) is 0 Å². The Morgan fingerprint density at radius 1 is 0.909 bits per heavy atom. The lowest BCUT2D eigenvalue weighted by molar-refractivity contribution is 0.0734. The van der Waals surface area contributed by atoms with Gasteiger partial charge in [0.05, 0.1) is 12.2 Å². The van der Waals surface area contributed by atoms with E-state index in [-0.39, 0.29) is 5.97 Å². The van der Waals surface area contributed by atoms with E-state index in [2.05, 4.69) is 44.7 Å². The third kappa shape index (κ3) is 7.64. The summed E-state index contributed by atoms with van der Waals surface area (Å²) in [5.41, 5.74) is 4.12. The molecule has 3 heteroatoms. The summed E-state index contributed by atoms with van der Waals surface area (Å²) in [7, 11) is 0. The van der Waals surface area contributed by atoms with Crippen LogP contribution in [0.25, 0.3) is 11.1 Å². The lowest BCUT2D eigenvalue weighted by atomic mass is 9.97. The summed E-state index contributed by atoms with van der Waals surface area (Å²) < 4.78 is 11.2. The van der Waals surface area contributed by atoms with Crippen LogP contribution in [-0.4, -0.2) is 12.6 Å². The second-order valence-corrected chi connectivity index (χ2v) is 8.47. The van der Waals surface area contributed by atoms with Crippen molar-refractivity contribution in [2.75, 3.05) is 6.61 Å². The molecule has 0 unspecified atom stereocenters. The number of hydrogen-bond acceptors (Lipinski definition) is 3. The van der Waals surface area contributed by atoms with E-state index in [0.717, 1.165) is 42.1 Å². The number of benzene rings is 3. The Balaban J connectivity index is 1.54. The Morgan fingerprint density at radius 2 is 1.52 bits per heavy atom. The fourth-order valence-electron chi connectivity index (χ4n) is 3.47. The molecule has 1 atom stereocenters. The highest BCUT2D eigenvalue weighted by atomic mass is 16.5. The minimum atomic E-state index is -0.374. The van der Waals surface area contributed by atoms with Crippen molar-refractivity contribution in [2.24, 2.45) is 5.92 Å². The number of esters is 1. The smallest absolute Gasteiger partial charge is 0.343 e. The standard InChI is InChI=1S/C30H34O3/c1-4-6-7-22-32-28-18-20-29(21-19-28)33-30(31)27-16-14-26(15-17-27)25-12-10-24(11-13-25)9-8-23(3)5-2/h4,10-21,23H,1,5-9,22H2,2-3H3/t23-/m0/s1. The highest BCUT2D eigenvalue weighted by molar-refractivity contribution is 5.91. The topological polar surface area (TPSA) is 35.5 Å². The molecule has 0 saturated carbocycles. The summed E-state index contributed by atoms with van der Waals surface area (Å²) in [6.45, 7) is 8.88. The maximum Gasteiger partial charge on any atom is 0.343 e. The Labute approximate surface area is 198 Å². The van der Waals surface area contributed by atoms with Crippen molar-refractivity contribution in [3.63, 3.8) is 0 Å². The first-order valence-electron chi connectivity index (χ1n) is 11.8. The Hall–Kier alpha value is -3.33. The molecule has 0 bridgehead atoms. The van der Waals surface area contributed by atoms with Crippen molar-refractivity contribution in [2.45, 2.75) is 46.0 Å². The monoisotopic (exact) mass is 442 g/mol. The number of carbonyl (C=O) groups excluding carboxylic acids is 1. The van der Waals surface area contributed by atoms with E-state index in [1.807, 2.05) is 42.5 Å². The van der Waals surface area contributed by atoms with Gasteiger partial charge in [0.25, 0.3) is 0 Å². The maximum atomic E-state index is 12.5. The van der Waals surface area contributed by atoms with Crippen molar-refractivity contribution in [3.8, 4) is 22.6 Å². The molecule has 172 valence electrons. The van der Waals surface area contributed by atoms with Gasteiger partial charge in [-0.25, -0.2) is 4.79 Å². The maximum absolute atomic E-state index is 12.5. The Kier molecular flexibility index (Phi) is 9.31. The summed E-state index contributed by atoms with van der Waals surface area (Å²) in [4.78, 5) is 12.5. The molecular weight excluding hydrogens is 408 g/mol. The molecule has 0 saturated heterocycles. The van der Waals surface area contributed by atoms with Crippen molar-refractivity contribution < 1.29 is 14.3 Å². The molecule has 0 radical (unpaired) electrons. The molecule has 0 N–H and O–H groups in total. The van der Waals surface area contributed by atoms with Gasteiger partial charge in [-0.15, -0.1) is 6.58 Å². The van der Waals surface area contributed by atoms with Crippen LogP contribution >= 0.6 is 0 Å². The molecular formula is C30H34O3. The number of rotatable bonds is 12. The summed E-state index contributed by atoms with van der Waals surface area (Å²) in [6, 6.07) is 23.4. The minimum absolute atomic E-state index is 0.374. The van der Waals surface area contributed by atoms with Crippen molar-refractivity contribution >= 4 is 5.97 Å². The summed E-state index contributed by atoms with van der Waals surface area (Å²) >= 11 is 0. The van der Waals surface area contributed by atoms with Gasteiger partial charge >= 0.3 is 5.97 Å². The molecule has 0 amide bonds. The van der Waals surface area contributed by atoms with Crippen LogP contribution in [-0.2, 0) is 6.42 Å². The number of unbranched alkanes of at least 4 members (excludes halogenated alkanes) is 1. The number of hydrogen-bond donors (Lipinski definition) is 0. The average molecular weight is 443 g/mol. The van der Waals surface area contributed by atoms with Gasteiger partial charge in [-0.05, 0) is 84.7 Å². The largest absolute Gasteiger partial charge is 0.494 e. The fraction of sp³-hybridized carbons (Fsp3) is 0.300. The molecule has 0 heterocycles. The highest BCUT2D eigenvalue weighted by Gasteiger charge is 2.09. The van der Waals surface area contributed by atoms with E-state index < -0.39 is 0 Å². The van der Waals surface area contributed by atoms with E-state index >= 15 is 0 Å². The quantitative estimate of drug-likeness (QED) is 0.124. The number of ether oxygens (including phenoxy) is 2. The predicted molar refractivity (Wildman–Crippen MR) is 136 cm³/mol. The molecule has 33 heavy (non-hydrogen) atoms. The molecule has 0 fully saturated rings. The first-order valence-corrected chi connectivity index (χ1v) is 11.8. The molecule has 3 aromatic rings. The van der Waals surface area contributed by atoms with Crippen LogP contribution in [0.3, 0.4) is 0 Å². The molecule has 0 aromatic heterocycles. The van der Waals surface area contributed by atoms with Gasteiger partial charge in [-0.2, -0.15) is 0 Å². The van der Waals surface area contributed by atoms with Crippen molar-refractivity contribution in [3.05, 3.63) is 96.6 Å². The van der Waals surface area contributed by atoms with Gasteiger partial charge in [0, 0.05) is 0 Å². The van der Waals surface area contributed by atoms with Gasteiger partial charge in [0.1, 0.15) is 11.5 Å². The van der Waals surface area contributed by atoms with Crippen molar-refractivity contribution in [1.82, 2.24) is 0 Å². The first kappa shape index (κ1) is 24.3. The van der Waals surface area contributed by atoms with E-state index in [4.69, 9.17) is 9.47 Å². The van der Waals surface area contributed by atoms with E-state index in [0.29, 0.717) is 17.9 Å². The molecule has 3 aromatic carbocycles. The number of carbonyl (C=O) groups is 1. The number of allylic oxidation sites excluding steroid dienone is 1. The minimum Gasteiger partial charge on any atom is -0.494 e. The van der Waals surface area contributed by atoms with E-state index in [1.54, 1.807) is 12.1 Å². The highest BCUT2D eigenvalue weighted by Crippen LogP contribution is 2.23. The molecule has 0 aliphatic heterocycles. The van der Waals surface area contributed by atoms with E-state index in [9.17, 15) is 4.79 Å². The van der Waals surface area contributed by atoms with Gasteiger partial charge < -0.3 is 9.47 Å². The fourth-order valence-corrected chi connectivity index (χ4v) is 3.47. The van der Waals surface area contributed by atoms with Crippen LogP contribution in [0.1, 0.15) is 55.5 Å². The Bertz CT molecular complexity index is 1000. The average Bonchev–Trinajstić information content (AvgIpc) is 2.86.